The van der Waals surface area contributed by atoms with Crippen molar-refractivity contribution in [2.75, 3.05) is 5.32 Å². The number of aryl methyl sites for hydroxylation is 1. The summed E-state index contributed by atoms with van der Waals surface area (Å²) in [4.78, 5) is 0. The normalized spacial score (nSPS) is 12.5. The highest BCUT2D eigenvalue weighted by Crippen LogP contribution is 2.16. The molecule has 1 nitrogen and oxygen atoms in total. The van der Waals surface area contributed by atoms with E-state index in [1.54, 1.807) is 0 Å². The fourth-order valence-corrected chi connectivity index (χ4v) is 1.68. The third kappa shape index (κ3) is 3.06. The van der Waals surface area contributed by atoms with Crippen molar-refractivity contribution in [2.24, 2.45) is 0 Å². The molecule has 0 radical (unpaired) electrons. The molecule has 1 N–H and O–H groups in total. The van der Waals surface area contributed by atoms with Crippen LogP contribution >= 0.6 is 0 Å². The fraction of sp³-hybridized carbons (Fsp3) is 0.538. The summed E-state index contributed by atoms with van der Waals surface area (Å²) >= 11 is 0. The highest BCUT2D eigenvalue weighted by Gasteiger charge is 2.05. The van der Waals surface area contributed by atoms with Crippen LogP contribution in [0, 0.1) is 6.92 Å². The molecule has 1 aromatic rings. The van der Waals surface area contributed by atoms with E-state index >= 15 is 0 Å². The SMILES string of the molecule is CCC[C@H](CC)Nc1ccccc1C. The van der Waals surface area contributed by atoms with Crippen LogP contribution in [0.15, 0.2) is 24.3 Å². The molecule has 0 fully saturated rings. The molecule has 0 spiro atoms. The number of nitrogens with one attached hydrogen (secondary N) is 1. The molecule has 0 saturated heterocycles. The lowest BCUT2D eigenvalue weighted by atomic mass is 10.1. The monoisotopic (exact) mass is 191 g/mol. The summed E-state index contributed by atoms with van der Waals surface area (Å²) in [5, 5.41) is 3.60. The zero-order valence-corrected chi connectivity index (χ0v) is 9.51. The predicted molar refractivity (Wildman–Crippen MR) is 63.8 cm³/mol. The summed E-state index contributed by atoms with van der Waals surface area (Å²) in [6.45, 7) is 6.63. The average molecular weight is 191 g/mol. The molecule has 14 heavy (non-hydrogen) atoms. The van der Waals surface area contributed by atoms with Crippen LogP contribution < -0.4 is 5.32 Å². The lowest BCUT2D eigenvalue weighted by molar-refractivity contribution is 0.622. The van der Waals surface area contributed by atoms with E-state index in [1.165, 1.54) is 30.5 Å². The van der Waals surface area contributed by atoms with E-state index < -0.39 is 0 Å². The number of benzene rings is 1. The number of para-hydroxylation sites is 1. The molecule has 0 aliphatic rings. The summed E-state index contributed by atoms with van der Waals surface area (Å²) in [6.07, 6.45) is 3.70. The van der Waals surface area contributed by atoms with Crippen molar-refractivity contribution in [1.29, 1.82) is 0 Å². The molecule has 0 aliphatic carbocycles. The molecular weight excluding hydrogens is 170 g/mol. The Morgan fingerprint density at radius 2 is 1.93 bits per heavy atom. The van der Waals surface area contributed by atoms with Gasteiger partial charge in [0, 0.05) is 11.7 Å². The molecule has 1 aromatic carbocycles. The Hall–Kier alpha value is -0.980. The largest absolute Gasteiger partial charge is 0.382 e. The van der Waals surface area contributed by atoms with Gasteiger partial charge in [-0.25, -0.2) is 0 Å². The van der Waals surface area contributed by atoms with Crippen LogP contribution in [0.4, 0.5) is 5.69 Å². The molecule has 0 aliphatic heterocycles. The van der Waals surface area contributed by atoms with E-state index in [4.69, 9.17) is 0 Å². The number of hydrogen-bond acceptors (Lipinski definition) is 1. The van der Waals surface area contributed by atoms with E-state index in [0.717, 1.165) is 0 Å². The summed E-state index contributed by atoms with van der Waals surface area (Å²) in [5.74, 6) is 0. The van der Waals surface area contributed by atoms with Crippen LogP contribution in [0.1, 0.15) is 38.7 Å². The van der Waals surface area contributed by atoms with Crippen molar-refractivity contribution < 1.29 is 0 Å². The first kappa shape index (κ1) is 11.1. The summed E-state index contributed by atoms with van der Waals surface area (Å²) < 4.78 is 0. The maximum absolute atomic E-state index is 3.60. The Balaban J connectivity index is 2.62. The third-order valence-corrected chi connectivity index (χ3v) is 2.63. The topological polar surface area (TPSA) is 12.0 Å². The number of rotatable bonds is 5. The standard InChI is InChI=1S/C13H21N/c1-4-8-12(5-2)14-13-10-7-6-9-11(13)3/h6-7,9-10,12,14H,4-5,8H2,1-3H3/t12-/m0/s1. The maximum Gasteiger partial charge on any atom is 0.0372 e. The van der Waals surface area contributed by atoms with Crippen molar-refractivity contribution in [1.82, 2.24) is 0 Å². The smallest absolute Gasteiger partial charge is 0.0372 e. The predicted octanol–water partition coefficient (Wildman–Crippen LogP) is 3.99. The molecule has 78 valence electrons. The summed E-state index contributed by atoms with van der Waals surface area (Å²) in [6, 6.07) is 9.12. The Kier molecular flexibility index (Phi) is 4.51. The number of anilines is 1. The van der Waals surface area contributed by atoms with Gasteiger partial charge in [-0.1, -0.05) is 38.5 Å². The van der Waals surface area contributed by atoms with E-state index in [-0.39, 0.29) is 0 Å². The van der Waals surface area contributed by atoms with Crippen molar-refractivity contribution in [2.45, 2.75) is 46.1 Å². The Labute approximate surface area is 87.5 Å². The van der Waals surface area contributed by atoms with Crippen LogP contribution in [-0.4, -0.2) is 6.04 Å². The van der Waals surface area contributed by atoms with Gasteiger partial charge in [-0.3, -0.25) is 0 Å². The van der Waals surface area contributed by atoms with E-state index in [1.807, 2.05) is 0 Å². The van der Waals surface area contributed by atoms with E-state index in [0.29, 0.717) is 6.04 Å². The Morgan fingerprint density at radius 3 is 2.50 bits per heavy atom. The molecule has 0 saturated carbocycles. The minimum atomic E-state index is 0.626. The first-order valence-electron chi connectivity index (χ1n) is 5.60. The summed E-state index contributed by atoms with van der Waals surface area (Å²) in [5.41, 5.74) is 2.62. The lowest BCUT2D eigenvalue weighted by Gasteiger charge is -2.18. The average Bonchev–Trinajstić information content (AvgIpc) is 2.20. The van der Waals surface area contributed by atoms with Crippen molar-refractivity contribution in [3.63, 3.8) is 0 Å². The van der Waals surface area contributed by atoms with Crippen LogP contribution in [0.25, 0.3) is 0 Å². The van der Waals surface area contributed by atoms with Crippen LogP contribution in [0.5, 0.6) is 0 Å². The molecule has 0 aromatic heterocycles. The Morgan fingerprint density at radius 1 is 1.21 bits per heavy atom. The molecule has 1 heteroatoms. The molecule has 1 rings (SSSR count). The second-order valence-electron chi connectivity index (χ2n) is 3.85. The zero-order valence-electron chi connectivity index (χ0n) is 9.51. The van der Waals surface area contributed by atoms with Crippen molar-refractivity contribution in [3.8, 4) is 0 Å². The third-order valence-electron chi connectivity index (χ3n) is 2.63. The van der Waals surface area contributed by atoms with Crippen molar-refractivity contribution >= 4 is 5.69 Å². The fourth-order valence-electron chi connectivity index (χ4n) is 1.68. The highest BCUT2D eigenvalue weighted by molar-refractivity contribution is 5.50. The van der Waals surface area contributed by atoms with Gasteiger partial charge >= 0.3 is 0 Å². The van der Waals surface area contributed by atoms with Gasteiger partial charge in [-0.05, 0) is 31.4 Å². The highest BCUT2D eigenvalue weighted by atomic mass is 14.9. The molecule has 0 amide bonds. The van der Waals surface area contributed by atoms with Gasteiger partial charge in [0.1, 0.15) is 0 Å². The molecular formula is C13H21N. The summed E-state index contributed by atoms with van der Waals surface area (Å²) in [7, 11) is 0. The van der Waals surface area contributed by atoms with Gasteiger partial charge in [-0.2, -0.15) is 0 Å². The van der Waals surface area contributed by atoms with Gasteiger partial charge in [0.05, 0.1) is 0 Å². The van der Waals surface area contributed by atoms with Crippen LogP contribution in [0.2, 0.25) is 0 Å². The maximum atomic E-state index is 3.60. The second-order valence-corrected chi connectivity index (χ2v) is 3.85. The van der Waals surface area contributed by atoms with Crippen LogP contribution in [-0.2, 0) is 0 Å². The van der Waals surface area contributed by atoms with Crippen LogP contribution in [0.3, 0.4) is 0 Å². The van der Waals surface area contributed by atoms with E-state index in [2.05, 4.69) is 50.4 Å². The van der Waals surface area contributed by atoms with Gasteiger partial charge in [-0.15, -0.1) is 0 Å². The lowest BCUT2D eigenvalue weighted by Crippen LogP contribution is -2.18. The first-order valence-corrected chi connectivity index (χ1v) is 5.60. The first-order chi connectivity index (χ1) is 6.77. The van der Waals surface area contributed by atoms with Gasteiger partial charge in [0.25, 0.3) is 0 Å². The quantitative estimate of drug-likeness (QED) is 0.742. The van der Waals surface area contributed by atoms with Gasteiger partial charge in [0.2, 0.25) is 0 Å². The minimum absolute atomic E-state index is 0.626. The van der Waals surface area contributed by atoms with Gasteiger partial charge in [0.15, 0.2) is 0 Å². The zero-order chi connectivity index (χ0) is 10.4. The molecule has 0 bridgehead atoms. The van der Waals surface area contributed by atoms with E-state index in [9.17, 15) is 0 Å². The minimum Gasteiger partial charge on any atom is -0.382 e. The van der Waals surface area contributed by atoms with Gasteiger partial charge < -0.3 is 5.32 Å². The van der Waals surface area contributed by atoms with Crippen molar-refractivity contribution in [3.05, 3.63) is 29.8 Å². The molecule has 1 atom stereocenters. The second kappa shape index (κ2) is 5.69. The molecule has 0 unspecified atom stereocenters. The molecule has 0 heterocycles. The number of hydrogen-bond donors (Lipinski definition) is 1. The Bertz CT molecular complexity index is 268.